The number of nitro groups is 1. The van der Waals surface area contributed by atoms with Gasteiger partial charge in [-0.3, -0.25) is 24.5 Å². The zero-order valence-corrected chi connectivity index (χ0v) is 17.3. The van der Waals surface area contributed by atoms with Crippen LogP contribution >= 0.6 is 0 Å². The molecule has 1 aliphatic rings. The molecule has 32 heavy (non-hydrogen) atoms. The highest BCUT2D eigenvalue weighted by Crippen LogP contribution is 2.13. The molecule has 1 aromatic heterocycles. The zero-order valence-electron chi connectivity index (χ0n) is 17.3. The first-order valence-electron chi connectivity index (χ1n) is 9.88. The van der Waals surface area contributed by atoms with Crippen LogP contribution in [0, 0.1) is 10.1 Å². The van der Waals surface area contributed by atoms with Crippen LogP contribution in [0.25, 0.3) is 0 Å². The van der Waals surface area contributed by atoms with Crippen LogP contribution in [0.5, 0.6) is 0 Å². The summed E-state index contributed by atoms with van der Waals surface area (Å²) in [5.74, 6) is -1.19. The van der Waals surface area contributed by atoms with Gasteiger partial charge in [0.2, 0.25) is 5.95 Å². The lowest BCUT2D eigenvalue weighted by Crippen LogP contribution is -2.52. The number of hydrogen-bond donors (Lipinski definition) is 1. The van der Waals surface area contributed by atoms with E-state index in [0.29, 0.717) is 32.1 Å². The van der Waals surface area contributed by atoms with E-state index in [1.807, 2.05) is 4.90 Å². The van der Waals surface area contributed by atoms with Gasteiger partial charge in [0.15, 0.2) is 6.10 Å². The van der Waals surface area contributed by atoms with Crippen LogP contribution in [0.3, 0.4) is 0 Å². The second-order valence-electron chi connectivity index (χ2n) is 6.98. The molecule has 3 rings (SSSR count). The summed E-state index contributed by atoms with van der Waals surface area (Å²) in [6.07, 6.45) is 2.29. The predicted molar refractivity (Wildman–Crippen MR) is 112 cm³/mol. The molecule has 12 nitrogen and oxygen atoms in total. The number of carbonyl (C=O) groups is 3. The Balaban J connectivity index is 1.44. The largest absolute Gasteiger partial charge is 0.451 e. The lowest BCUT2D eigenvalue weighted by Gasteiger charge is -2.35. The summed E-state index contributed by atoms with van der Waals surface area (Å²) in [7, 11) is 0. The molecule has 1 aromatic carbocycles. The monoisotopic (exact) mass is 442 g/mol. The maximum atomic E-state index is 12.6. The Morgan fingerprint density at radius 3 is 2.50 bits per heavy atom. The minimum atomic E-state index is -1.02. The number of nitrogens with zero attached hydrogens (tertiary/aromatic N) is 5. The number of carbonyl (C=O) groups excluding carboxylic acids is 3. The molecule has 12 heteroatoms. The highest BCUT2D eigenvalue weighted by atomic mass is 16.6. The number of amides is 2. The molecule has 0 bridgehead atoms. The van der Waals surface area contributed by atoms with Gasteiger partial charge in [0.25, 0.3) is 17.5 Å². The minimum absolute atomic E-state index is 0.0383. The number of esters is 1. The molecule has 1 atom stereocenters. The molecule has 1 unspecified atom stereocenters. The Hall–Kier alpha value is -4.09. The molecule has 0 saturated carbocycles. The van der Waals surface area contributed by atoms with Crippen LogP contribution in [0.4, 0.5) is 11.6 Å². The van der Waals surface area contributed by atoms with Gasteiger partial charge in [-0.15, -0.1) is 0 Å². The second kappa shape index (κ2) is 10.3. The molecule has 2 amide bonds. The number of rotatable bonds is 7. The highest BCUT2D eigenvalue weighted by Gasteiger charge is 2.28. The van der Waals surface area contributed by atoms with Gasteiger partial charge in [-0.2, -0.15) is 0 Å². The molecule has 2 heterocycles. The van der Waals surface area contributed by atoms with E-state index in [0.717, 1.165) is 6.07 Å². The van der Waals surface area contributed by atoms with Gasteiger partial charge in [0.05, 0.1) is 4.92 Å². The van der Waals surface area contributed by atoms with Crippen molar-refractivity contribution in [1.82, 2.24) is 20.2 Å². The molecule has 1 saturated heterocycles. The van der Waals surface area contributed by atoms with Crippen molar-refractivity contribution >= 4 is 29.4 Å². The smallest absolute Gasteiger partial charge is 0.326 e. The fourth-order valence-corrected chi connectivity index (χ4v) is 3.14. The van der Waals surface area contributed by atoms with E-state index in [-0.39, 0.29) is 17.2 Å². The molecule has 0 spiro atoms. The van der Waals surface area contributed by atoms with E-state index >= 15 is 0 Å². The molecule has 168 valence electrons. The van der Waals surface area contributed by atoms with Crippen molar-refractivity contribution in [2.45, 2.75) is 13.0 Å². The van der Waals surface area contributed by atoms with Crippen molar-refractivity contribution in [3.8, 4) is 0 Å². The Labute approximate surface area is 183 Å². The van der Waals surface area contributed by atoms with Gasteiger partial charge in [-0.1, -0.05) is 6.07 Å². The van der Waals surface area contributed by atoms with E-state index in [2.05, 4.69) is 15.3 Å². The third-order valence-corrected chi connectivity index (χ3v) is 4.79. The molecule has 1 N–H and O–H groups in total. The lowest BCUT2D eigenvalue weighted by molar-refractivity contribution is -0.384. The number of anilines is 1. The SMILES string of the molecule is CC(OC(=O)CNC(=O)c1cccc([N+](=O)[O-])c1)C(=O)N1CCN(c2ncccn2)CC1. The van der Waals surface area contributed by atoms with Crippen LogP contribution in [-0.2, 0) is 14.3 Å². The van der Waals surface area contributed by atoms with Crippen molar-refractivity contribution in [1.29, 1.82) is 0 Å². The fourth-order valence-electron chi connectivity index (χ4n) is 3.14. The minimum Gasteiger partial charge on any atom is -0.451 e. The Morgan fingerprint density at radius 1 is 1.16 bits per heavy atom. The van der Waals surface area contributed by atoms with Gasteiger partial charge in [0.1, 0.15) is 6.54 Å². The maximum Gasteiger partial charge on any atom is 0.326 e. The van der Waals surface area contributed by atoms with Gasteiger partial charge in [-0.25, -0.2) is 9.97 Å². The third-order valence-electron chi connectivity index (χ3n) is 4.79. The number of non-ortho nitro benzene ring substituents is 1. The summed E-state index contributed by atoms with van der Waals surface area (Å²) in [5.41, 5.74) is -0.199. The average Bonchev–Trinajstić information content (AvgIpc) is 2.82. The summed E-state index contributed by atoms with van der Waals surface area (Å²) < 4.78 is 5.13. The normalized spacial score (nSPS) is 14.4. The Bertz CT molecular complexity index is 993. The quantitative estimate of drug-likeness (QED) is 0.365. The number of hydrogen-bond acceptors (Lipinski definition) is 9. The van der Waals surface area contributed by atoms with Crippen LogP contribution in [0.15, 0.2) is 42.7 Å². The van der Waals surface area contributed by atoms with Crippen molar-refractivity contribution in [3.63, 3.8) is 0 Å². The molecule has 1 fully saturated rings. The molecule has 1 aliphatic heterocycles. The van der Waals surface area contributed by atoms with Crippen molar-refractivity contribution < 1.29 is 24.0 Å². The maximum absolute atomic E-state index is 12.6. The number of benzene rings is 1. The number of aromatic nitrogens is 2. The summed E-state index contributed by atoms with van der Waals surface area (Å²) in [4.78, 5) is 58.9. The van der Waals surface area contributed by atoms with E-state index < -0.39 is 29.4 Å². The van der Waals surface area contributed by atoms with Crippen LogP contribution in [-0.4, -0.2) is 76.4 Å². The number of nitro benzene ring substituents is 1. The molecule has 0 radical (unpaired) electrons. The van der Waals surface area contributed by atoms with Gasteiger partial charge in [0, 0.05) is 56.3 Å². The van der Waals surface area contributed by atoms with Gasteiger partial charge < -0.3 is 19.9 Å². The molecular weight excluding hydrogens is 420 g/mol. The number of ether oxygens (including phenoxy) is 1. The van der Waals surface area contributed by atoms with E-state index in [4.69, 9.17) is 4.74 Å². The summed E-state index contributed by atoms with van der Waals surface area (Å²) in [6, 6.07) is 6.85. The lowest BCUT2D eigenvalue weighted by atomic mass is 10.2. The molecule has 0 aliphatic carbocycles. The third kappa shape index (κ3) is 5.74. The van der Waals surface area contributed by atoms with E-state index in [1.165, 1.54) is 25.1 Å². The molecular formula is C20H22N6O6. The summed E-state index contributed by atoms with van der Waals surface area (Å²) in [6.45, 7) is 2.96. The molecule has 2 aromatic rings. The second-order valence-corrected chi connectivity index (χ2v) is 6.98. The fraction of sp³-hybridized carbons (Fsp3) is 0.350. The Kier molecular flexibility index (Phi) is 7.26. The predicted octanol–water partition coefficient (Wildman–Crippen LogP) is 0.395. The van der Waals surface area contributed by atoms with Gasteiger partial charge in [-0.05, 0) is 19.1 Å². The van der Waals surface area contributed by atoms with Crippen molar-refractivity contribution in [2.24, 2.45) is 0 Å². The summed E-state index contributed by atoms with van der Waals surface area (Å²) in [5, 5.41) is 13.1. The topological polar surface area (TPSA) is 148 Å². The highest BCUT2D eigenvalue weighted by molar-refractivity contribution is 5.96. The van der Waals surface area contributed by atoms with E-state index in [1.54, 1.807) is 23.4 Å². The number of nitrogens with one attached hydrogen (secondary N) is 1. The first-order chi connectivity index (χ1) is 15.3. The summed E-state index contributed by atoms with van der Waals surface area (Å²) >= 11 is 0. The van der Waals surface area contributed by atoms with Gasteiger partial charge >= 0.3 is 5.97 Å². The van der Waals surface area contributed by atoms with Crippen LogP contribution in [0.2, 0.25) is 0 Å². The van der Waals surface area contributed by atoms with Crippen LogP contribution in [0.1, 0.15) is 17.3 Å². The average molecular weight is 442 g/mol. The van der Waals surface area contributed by atoms with Crippen molar-refractivity contribution in [3.05, 3.63) is 58.4 Å². The number of piperazine rings is 1. The Morgan fingerprint density at radius 2 is 1.84 bits per heavy atom. The zero-order chi connectivity index (χ0) is 23.1. The standard InChI is InChI=1S/C20H22N6O6/c1-14(19(29)24-8-10-25(11-9-24)20-21-6-3-7-22-20)32-17(27)13-23-18(28)15-4-2-5-16(12-15)26(30)31/h2-7,12,14H,8-11,13H2,1H3,(H,23,28). The van der Waals surface area contributed by atoms with Crippen molar-refractivity contribution in [2.75, 3.05) is 37.6 Å². The van der Waals surface area contributed by atoms with Crippen LogP contribution < -0.4 is 10.2 Å². The van der Waals surface area contributed by atoms with E-state index in [9.17, 15) is 24.5 Å². The first kappa shape index (κ1) is 22.6. The first-order valence-corrected chi connectivity index (χ1v) is 9.88.